The molecule has 2 aromatic rings. The highest BCUT2D eigenvalue weighted by Gasteiger charge is 2.30. The number of halogens is 1. The molecule has 1 fully saturated rings. The molecule has 1 aliphatic carbocycles. The normalized spacial score (nSPS) is 18.7. The van der Waals surface area contributed by atoms with E-state index in [4.69, 9.17) is 4.74 Å². The lowest BCUT2D eigenvalue weighted by molar-refractivity contribution is -0.125. The van der Waals surface area contributed by atoms with E-state index in [1.54, 1.807) is 26.0 Å². The van der Waals surface area contributed by atoms with Gasteiger partial charge in [0.2, 0.25) is 15.9 Å². The smallest absolute Gasteiger partial charge is 0.245 e. The number of nitrogens with one attached hydrogen (secondary N) is 1. The maximum Gasteiger partial charge on any atom is 0.245 e. The standard InChI is InChI=1S/C31H46FN3O4S/c1-22-18-23(2)31(24(3)19-22)40(37,38)35(6)16-17-39-21-29(36)33-15-14-25-10-12-26(13-11-25)30(34(4)5)27-8-7-9-28(32)20-27/h7-9,18-20,25-26,30H,10-17,21H2,1-6H3,(H,33,36). The number of amides is 1. The van der Waals surface area contributed by atoms with Crippen molar-refractivity contribution in [1.29, 1.82) is 0 Å². The summed E-state index contributed by atoms with van der Waals surface area (Å²) in [5, 5.41) is 2.93. The first-order valence-corrected chi connectivity index (χ1v) is 15.6. The van der Waals surface area contributed by atoms with E-state index < -0.39 is 10.0 Å². The summed E-state index contributed by atoms with van der Waals surface area (Å²) in [6.07, 6.45) is 5.27. The molecule has 1 atom stereocenters. The number of hydrogen-bond donors (Lipinski definition) is 1. The van der Waals surface area contributed by atoms with Crippen LogP contribution in [0.4, 0.5) is 4.39 Å². The van der Waals surface area contributed by atoms with Gasteiger partial charge >= 0.3 is 0 Å². The Morgan fingerprint density at radius 3 is 2.30 bits per heavy atom. The zero-order chi connectivity index (χ0) is 29.4. The topological polar surface area (TPSA) is 78.9 Å². The number of sulfonamides is 1. The molecule has 0 aliphatic heterocycles. The van der Waals surface area contributed by atoms with Crippen molar-refractivity contribution in [2.24, 2.45) is 11.8 Å². The average Bonchev–Trinajstić information content (AvgIpc) is 2.86. The van der Waals surface area contributed by atoms with Gasteiger partial charge in [0, 0.05) is 26.2 Å². The van der Waals surface area contributed by atoms with E-state index in [9.17, 15) is 17.6 Å². The maximum atomic E-state index is 13.8. The van der Waals surface area contributed by atoms with Crippen LogP contribution in [0.1, 0.15) is 60.4 Å². The van der Waals surface area contributed by atoms with E-state index in [1.807, 2.05) is 25.1 Å². The molecule has 0 radical (unpaired) electrons. The van der Waals surface area contributed by atoms with Crippen LogP contribution < -0.4 is 5.32 Å². The molecule has 0 aromatic heterocycles. The van der Waals surface area contributed by atoms with Crippen molar-refractivity contribution in [3.05, 3.63) is 64.5 Å². The second kappa shape index (κ2) is 14.5. The van der Waals surface area contributed by atoms with E-state index in [0.717, 1.165) is 54.4 Å². The molecule has 0 heterocycles. The van der Waals surface area contributed by atoms with E-state index in [2.05, 4.69) is 24.3 Å². The van der Waals surface area contributed by atoms with Gasteiger partial charge in [0.15, 0.2) is 0 Å². The molecule has 1 unspecified atom stereocenters. The van der Waals surface area contributed by atoms with Gasteiger partial charge < -0.3 is 15.0 Å². The monoisotopic (exact) mass is 575 g/mol. The Bertz CT molecular complexity index is 1220. The third-order valence-corrected chi connectivity index (χ3v) is 10.2. The van der Waals surface area contributed by atoms with Gasteiger partial charge in [-0.05, 0) is 94.8 Å². The van der Waals surface area contributed by atoms with Gasteiger partial charge in [-0.2, -0.15) is 4.31 Å². The molecule has 1 amide bonds. The van der Waals surface area contributed by atoms with E-state index in [-0.39, 0.29) is 37.5 Å². The number of ether oxygens (including phenoxy) is 1. The molecule has 40 heavy (non-hydrogen) atoms. The van der Waals surface area contributed by atoms with Crippen LogP contribution in [0.3, 0.4) is 0 Å². The molecule has 7 nitrogen and oxygen atoms in total. The number of likely N-dealkylation sites (N-methyl/N-ethyl adjacent to an activating group) is 1. The van der Waals surface area contributed by atoms with E-state index in [1.165, 1.54) is 17.4 Å². The van der Waals surface area contributed by atoms with Crippen LogP contribution in [0.5, 0.6) is 0 Å². The molecular formula is C31H46FN3O4S. The second-order valence-corrected chi connectivity index (χ2v) is 13.5. The third kappa shape index (κ3) is 8.59. The van der Waals surface area contributed by atoms with Crippen LogP contribution in [0, 0.1) is 38.4 Å². The minimum Gasteiger partial charge on any atom is -0.370 e. The molecule has 1 N–H and O–H groups in total. The summed E-state index contributed by atoms with van der Waals surface area (Å²) in [6, 6.07) is 10.9. The molecule has 3 rings (SSSR count). The highest BCUT2D eigenvalue weighted by atomic mass is 32.2. The first-order valence-electron chi connectivity index (χ1n) is 14.2. The summed E-state index contributed by atoms with van der Waals surface area (Å²) in [5.41, 5.74) is 3.51. The Hall–Kier alpha value is -2.33. The highest BCUT2D eigenvalue weighted by molar-refractivity contribution is 7.89. The average molecular weight is 576 g/mol. The third-order valence-electron chi connectivity index (χ3n) is 8.02. The van der Waals surface area contributed by atoms with Crippen molar-refractivity contribution in [1.82, 2.24) is 14.5 Å². The van der Waals surface area contributed by atoms with Crippen LogP contribution >= 0.6 is 0 Å². The zero-order valence-electron chi connectivity index (χ0n) is 24.9. The number of hydrogen-bond acceptors (Lipinski definition) is 5. The molecule has 0 saturated heterocycles. The fourth-order valence-electron chi connectivity index (χ4n) is 6.15. The fourth-order valence-corrected chi connectivity index (χ4v) is 7.71. The van der Waals surface area contributed by atoms with Crippen LogP contribution in [-0.2, 0) is 19.6 Å². The van der Waals surface area contributed by atoms with E-state index >= 15 is 0 Å². The fraction of sp³-hybridized carbons (Fsp3) is 0.581. The Morgan fingerprint density at radius 1 is 1.05 bits per heavy atom. The van der Waals surface area contributed by atoms with E-state index in [0.29, 0.717) is 23.3 Å². The number of rotatable bonds is 13. The van der Waals surface area contributed by atoms with Gasteiger partial charge in [0.1, 0.15) is 12.4 Å². The zero-order valence-corrected chi connectivity index (χ0v) is 25.7. The largest absolute Gasteiger partial charge is 0.370 e. The predicted octanol–water partition coefficient (Wildman–Crippen LogP) is 5.00. The molecule has 1 aliphatic rings. The summed E-state index contributed by atoms with van der Waals surface area (Å²) in [4.78, 5) is 14.8. The lowest BCUT2D eigenvalue weighted by Gasteiger charge is -2.37. The number of carbonyl (C=O) groups excluding carboxylic acids is 1. The Kier molecular flexibility index (Phi) is 11.7. The predicted molar refractivity (Wildman–Crippen MR) is 157 cm³/mol. The van der Waals surface area contributed by atoms with Crippen molar-refractivity contribution in [2.75, 3.05) is 47.4 Å². The van der Waals surface area contributed by atoms with Crippen molar-refractivity contribution >= 4 is 15.9 Å². The maximum absolute atomic E-state index is 13.8. The van der Waals surface area contributed by atoms with Crippen LogP contribution in [0.2, 0.25) is 0 Å². The summed E-state index contributed by atoms with van der Waals surface area (Å²) in [7, 11) is 2.01. The second-order valence-electron chi connectivity index (χ2n) is 11.5. The first-order chi connectivity index (χ1) is 18.9. The van der Waals surface area contributed by atoms with Gasteiger partial charge in [-0.15, -0.1) is 0 Å². The van der Waals surface area contributed by atoms with Gasteiger partial charge in [0.05, 0.1) is 11.5 Å². The number of aryl methyl sites for hydroxylation is 3. The summed E-state index contributed by atoms with van der Waals surface area (Å²) >= 11 is 0. The number of carbonyl (C=O) groups is 1. The van der Waals surface area contributed by atoms with Gasteiger partial charge in [-0.25, -0.2) is 12.8 Å². The Balaban J connectivity index is 1.35. The lowest BCUT2D eigenvalue weighted by Crippen LogP contribution is -2.34. The Labute approximate surface area is 240 Å². The molecule has 9 heteroatoms. The number of nitrogens with zero attached hydrogens (tertiary/aromatic N) is 2. The molecule has 0 bridgehead atoms. The van der Waals surface area contributed by atoms with Crippen LogP contribution in [-0.4, -0.2) is 71.0 Å². The summed E-state index contributed by atoms with van der Waals surface area (Å²) in [5.74, 6) is 0.655. The molecular weight excluding hydrogens is 529 g/mol. The summed E-state index contributed by atoms with van der Waals surface area (Å²) < 4.78 is 46.7. The van der Waals surface area contributed by atoms with Crippen molar-refractivity contribution < 1.29 is 22.3 Å². The molecule has 1 saturated carbocycles. The number of benzene rings is 2. The minimum atomic E-state index is -3.64. The van der Waals surface area contributed by atoms with Crippen LogP contribution in [0.25, 0.3) is 0 Å². The summed E-state index contributed by atoms with van der Waals surface area (Å²) in [6.45, 7) is 6.35. The minimum absolute atomic E-state index is 0.0959. The first kappa shape index (κ1) is 32.2. The molecule has 2 aromatic carbocycles. The highest BCUT2D eigenvalue weighted by Crippen LogP contribution is 2.40. The quantitative estimate of drug-likeness (QED) is 0.340. The van der Waals surface area contributed by atoms with Crippen molar-refractivity contribution in [3.8, 4) is 0 Å². The Morgan fingerprint density at radius 2 is 1.70 bits per heavy atom. The van der Waals surface area contributed by atoms with Crippen molar-refractivity contribution in [2.45, 2.75) is 63.8 Å². The van der Waals surface area contributed by atoms with Gasteiger partial charge in [-0.1, -0.05) is 42.7 Å². The molecule has 0 spiro atoms. The molecule has 222 valence electrons. The van der Waals surface area contributed by atoms with Gasteiger partial charge in [-0.3, -0.25) is 4.79 Å². The SMILES string of the molecule is Cc1cc(C)c(S(=O)(=O)N(C)CCOCC(=O)NCCC2CCC(C(c3cccc(F)c3)N(C)C)CC2)c(C)c1. The lowest BCUT2D eigenvalue weighted by atomic mass is 9.75. The van der Waals surface area contributed by atoms with Crippen LogP contribution in [0.15, 0.2) is 41.3 Å². The van der Waals surface area contributed by atoms with Gasteiger partial charge in [0.25, 0.3) is 0 Å². The van der Waals surface area contributed by atoms with Crippen molar-refractivity contribution in [3.63, 3.8) is 0 Å².